The van der Waals surface area contributed by atoms with Crippen LogP contribution in [0.15, 0.2) is 101 Å². The molecule has 0 spiro atoms. The Kier molecular flexibility index (Phi) is 9.28. The van der Waals surface area contributed by atoms with Gasteiger partial charge in [0.05, 0.1) is 27.0 Å². The molecule has 0 bridgehead atoms. The summed E-state index contributed by atoms with van der Waals surface area (Å²) in [5.74, 6) is 0.466. The van der Waals surface area contributed by atoms with Crippen molar-refractivity contribution in [2.75, 3.05) is 23.9 Å². The van der Waals surface area contributed by atoms with E-state index in [-0.39, 0.29) is 18.4 Å². The predicted octanol–water partition coefficient (Wildman–Crippen LogP) is 7.74. The van der Waals surface area contributed by atoms with Gasteiger partial charge in [-0.05, 0) is 108 Å². The van der Waals surface area contributed by atoms with E-state index in [1.807, 2.05) is 105 Å². The zero-order valence-corrected chi connectivity index (χ0v) is 26.2. The quantitative estimate of drug-likeness (QED) is 0.151. The summed E-state index contributed by atoms with van der Waals surface area (Å²) in [4.78, 5) is 33.1. The third kappa shape index (κ3) is 7.03. The first-order valence-corrected chi connectivity index (χ1v) is 15.0. The molecule has 0 aliphatic carbocycles. The number of amidine groups is 1. The Hall–Kier alpha value is -4.09. The molecule has 0 aromatic heterocycles. The van der Waals surface area contributed by atoms with Crippen LogP contribution in [0.3, 0.4) is 0 Å². The van der Waals surface area contributed by atoms with Crippen molar-refractivity contribution in [1.82, 2.24) is 0 Å². The number of halogens is 1. The van der Waals surface area contributed by atoms with Crippen LogP contribution >= 0.6 is 34.4 Å². The molecule has 212 valence electrons. The summed E-state index contributed by atoms with van der Waals surface area (Å²) in [6.45, 7) is 3.85. The van der Waals surface area contributed by atoms with E-state index in [1.54, 1.807) is 18.1 Å². The second kappa shape index (κ2) is 13.3. The molecule has 0 saturated carbocycles. The Morgan fingerprint density at radius 2 is 1.64 bits per heavy atom. The van der Waals surface area contributed by atoms with Crippen LogP contribution in [-0.4, -0.2) is 30.7 Å². The Bertz CT molecular complexity index is 1670. The molecule has 5 rings (SSSR count). The molecular weight excluding hydrogens is 661 g/mol. The molecule has 4 aromatic rings. The van der Waals surface area contributed by atoms with Gasteiger partial charge in [0.15, 0.2) is 23.3 Å². The molecule has 7 nitrogen and oxygen atoms in total. The molecule has 0 atom stereocenters. The number of amides is 2. The molecule has 1 heterocycles. The molecule has 1 N–H and O–H groups in total. The SMILES string of the molecule is COc1cc(/C=C2\SC(=Nc3ccc(C)cc3)N(c3ccc(C)cc3)C2=O)cc(I)c1OCC(=O)Nc1ccccc1. The standard InChI is InChI=1S/C33H28IN3O4S/c1-21-9-13-25(14-10-21)36-33-37(26-15-11-22(2)12-16-26)32(39)29(42-33)19-23-17-27(34)31(28(18-23)40-3)41-20-30(38)35-24-7-5-4-6-8-24/h4-19H,20H2,1-3H3,(H,35,38)/b29-19-,36-33?. The first-order valence-electron chi connectivity index (χ1n) is 13.1. The molecule has 42 heavy (non-hydrogen) atoms. The predicted molar refractivity (Wildman–Crippen MR) is 179 cm³/mol. The molecular formula is C33H28IN3O4S. The number of nitrogens with one attached hydrogen (secondary N) is 1. The third-order valence-electron chi connectivity index (χ3n) is 6.31. The molecule has 0 radical (unpaired) electrons. The Morgan fingerprint density at radius 1 is 0.976 bits per heavy atom. The number of methoxy groups -OCH3 is 1. The van der Waals surface area contributed by atoms with Crippen molar-refractivity contribution in [2.24, 2.45) is 4.99 Å². The van der Waals surface area contributed by atoms with Crippen LogP contribution in [0.4, 0.5) is 17.1 Å². The number of thioether (sulfide) groups is 1. The third-order valence-corrected chi connectivity index (χ3v) is 8.08. The van der Waals surface area contributed by atoms with Crippen molar-refractivity contribution in [2.45, 2.75) is 13.8 Å². The largest absolute Gasteiger partial charge is 0.493 e. The average Bonchev–Trinajstić information content (AvgIpc) is 3.28. The highest BCUT2D eigenvalue weighted by Gasteiger charge is 2.35. The Morgan fingerprint density at radius 3 is 2.31 bits per heavy atom. The second-order valence-corrected chi connectivity index (χ2v) is 11.7. The minimum Gasteiger partial charge on any atom is -0.493 e. The van der Waals surface area contributed by atoms with Gasteiger partial charge in [0.1, 0.15) is 0 Å². The van der Waals surface area contributed by atoms with Crippen molar-refractivity contribution in [3.05, 3.63) is 116 Å². The van der Waals surface area contributed by atoms with Crippen molar-refractivity contribution in [3.63, 3.8) is 0 Å². The van der Waals surface area contributed by atoms with Gasteiger partial charge < -0.3 is 14.8 Å². The van der Waals surface area contributed by atoms with Gasteiger partial charge >= 0.3 is 0 Å². The van der Waals surface area contributed by atoms with E-state index < -0.39 is 0 Å². The number of benzene rings is 4. The monoisotopic (exact) mass is 689 g/mol. The summed E-state index contributed by atoms with van der Waals surface area (Å²) in [5, 5.41) is 3.38. The fourth-order valence-electron chi connectivity index (χ4n) is 4.17. The number of hydrogen-bond acceptors (Lipinski definition) is 6. The number of rotatable bonds is 8. The van der Waals surface area contributed by atoms with Crippen LogP contribution < -0.4 is 19.7 Å². The van der Waals surface area contributed by atoms with Crippen LogP contribution in [0.2, 0.25) is 0 Å². The lowest BCUT2D eigenvalue weighted by Gasteiger charge is -2.16. The van der Waals surface area contributed by atoms with Crippen LogP contribution in [0.25, 0.3) is 6.08 Å². The van der Waals surface area contributed by atoms with Gasteiger partial charge in [-0.1, -0.05) is 53.6 Å². The number of para-hydroxylation sites is 1. The van der Waals surface area contributed by atoms with E-state index >= 15 is 0 Å². The molecule has 2 amide bonds. The van der Waals surface area contributed by atoms with Gasteiger partial charge in [-0.3, -0.25) is 14.5 Å². The smallest absolute Gasteiger partial charge is 0.271 e. The number of nitrogens with zero attached hydrogens (tertiary/aromatic N) is 2. The van der Waals surface area contributed by atoms with Crippen LogP contribution in [0.1, 0.15) is 16.7 Å². The molecule has 4 aromatic carbocycles. The van der Waals surface area contributed by atoms with E-state index in [1.165, 1.54) is 11.8 Å². The van der Waals surface area contributed by atoms with Crippen molar-refractivity contribution in [1.29, 1.82) is 0 Å². The van der Waals surface area contributed by atoms with Crippen LogP contribution in [0.5, 0.6) is 11.5 Å². The number of aryl methyl sites for hydroxylation is 2. The van der Waals surface area contributed by atoms with Gasteiger partial charge in [-0.25, -0.2) is 4.99 Å². The second-order valence-electron chi connectivity index (χ2n) is 9.55. The molecule has 1 aliphatic rings. The summed E-state index contributed by atoms with van der Waals surface area (Å²) < 4.78 is 12.2. The first kappa shape index (κ1) is 29.4. The lowest BCUT2D eigenvalue weighted by atomic mass is 10.1. The fraction of sp³-hybridized carbons (Fsp3) is 0.121. The molecule has 1 fully saturated rings. The average molecular weight is 690 g/mol. The fourth-order valence-corrected chi connectivity index (χ4v) is 5.95. The maximum atomic E-state index is 13.7. The first-order chi connectivity index (χ1) is 20.3. The van der Waals surface area contributed by atoms with Crippen LogP contribution in [0, 0.1) is 17.4 Å². The Labute approximate surface area is 262 Å². The Balaban J connectivity index is 1.41. The summed E-state index contributed by atoms with van der Waals surface area (Å²) in [7, 11) is 1.54. The molecule has 9 heteroatoms. The number of carbonyl (C=O) groups excluding carboxylic acids is 2. The summed E-state index contributed by atoms with van der Waals surface area (Å²) in [6, 6.07) is 28.5. The highest BCUT2D eigenvalue weighted by Crippen LogP contribution is 2.39. The maximum Gasteiger partial charge on any atom is 0.271 e. The number of carbonyl (C=O) groups is 2. The van der Waals surface area contributed by atoms with Gasteiger partial charge in [0.25, 0.3) is 11.8 Å². The van der Waals surface area contributed by atoms with Gasteiger partial charge in [0, 0.05) is 5.69 Å². The molecule has 1 saturated heterocycles. The summed E-state index contributed by atoms with van der Waals surface area (Å²) in [6.07, 6.45) is 1.82. The van der Waals surface area contributed by atoms with Gasteiger partial charge in [0.2, 0.25) is 0 Å². The van der Waals surface area contributed by atoms with Gasteiger partial charge in [-0.15, -0.1) is 0 Å². The van der Waals surface area contributed by atoms with Crippen molar-refractivity contribution >= 4 is 74.5 Å². The van der Waals surface area contributed by atoms with E-state index in [4.69, 9.17) is 14.5 Å². The number of hydrogen-bond donors (Lipinski definition) is 1. The highest BCUT2D eigenvalue weighted by atomic mass is 127. The minimum atomic E-state index is -0.283. The normalized spacial score (nSPS) is 14.9. The van der Waals surface area contributed by atoms with Crippen molar-refractivity contribution < 1.29 is 19.1 Å². The van der Waals surface area contributed by atoms with Gasteiger partial charge in [-0.2, -0.15) is 0 Å². The van der Waals surface area contributed by atoms with E-state index in [2.05, 4.69) is 27.9 Å². The number of anilines is 2. The summed E-state index contributed by atoms with van der Waals surface area (Å²) >= 11 is 3.46. The maximum absolute atomic E-state index is 13.7. The lowest BCUT2D eigenvalue weighted by Crippen LogP contribution is -2.28. The van der Waals surface area contributed by atoms with E-state index in [0.29, 0.717) is 27.3 Å². The van der Waals surface area contributed by atoms with E-state index in [0.717, 1.165) is 31.6 Å². The van der Waals surface area contributed by atoms with Crippen molar-refractivity contribution in [3.8, 4) is 11.5 Å². The van der Waals surface area contributed by atoms with E-state index in [9.17, 15) is 9.59 Å². The highest BCUT2D eigenvalue weighted by molar-refractivity contribution is 14.1. The topological polar surface area (TPSA) is 80.2 Å². The zero-order valence-electron chi connectivity index (χ0n) is 23.3. The minimum absolute atomic E-state index is 0.165. The molecule has 1 aliphatic heterocycles. The van der Waals surface area contributed by atoms with Crippen LogP contribution in [-0.2, 0) is 9.59 Å². The zero-order chi connectivity index (χ0) is 29.6. The summed E-state index contributed by atoms with van der Waals surface area (Å²) in [5.41, 5.74) is 5.21. The molecule has 0 unspecified atom stereocenters. The lowest BCUT2D eigenvalue weighted by molar-refractivity contribution is -0.118. The number of aliphatic imine (C=N–C) groups is 1. The number of ether oxygens (including phenoxy) is 2.